The van der Waals surface area contributed by atoms with Crippen molar-refractivity contribution in [3.63, 3.8) is 0 Å². The van der Waals surface area contributed by atoms with Crippen LogP contribution in [-0.4, -0.2) is 129 Å². The first-order chi connectivity index (χ1) is 32.2. The lowest BCUT2D eigenvalue weighted by Crippen LogP contribution is -2.54. The van der Waals surface area contributed by atoms with Crippen molar-refractivity contribution in [3.8, 4) is 33.8 Å². The Kier molecular flexibility index (Phi) is 22.6. The minimum Gasteiger partial charge on any atom is -0.493 e. The predicted molar refractivity (Wildman–Crippen MR) is 274 cm³/mol. The average molecular weight is 958 g/mol. The van der Waals surface area contributed by atoms with Crippen LogP contribution in [0.15, 0.2) is 97.1 Å². The monoisotopic (exact) mass is 957 g/mol. The summed E-state index contributed by atoms with van der Waals surface area (Å²) < 4.78 is 27.9. The molecule has 1 N–H and O–H groups in total. The molecule has 0 aromatic heterocycles. The van der Waals surface area contributed by atoms with Crippen LogP contribution in [-0.2, 0) is 14.2 Å². The molecule has 2 fully saturated rings. The van der Waals surface area contributed by atoms with E-state index in [9.17, 15) is 14.4 Å². The Morgan fingerprint density at radius 1 is 0.647 bits per heavy atom. The van der Waals surface area contributed by atoms with E-state index < -0.39 is 5.60 Å². The molecule has 2 saturated heterocycles. The minimum absolute atomic E-state index is 0. The van der Waals surface area contributed by atoms with Gasteiger partial charge in [0.25, 0.3) is 11.8 Å². The number of halogens is 1. The quantitative estimate of drug-likeness (QED) is 0.0972. The maximum atomic E-state index is 14.0. The Hall–Kier alpha value is -5.14. The Morgan fingerprint density at radius 2 is 1.12 bits per heavy atom. The van der Waals surface area contributed by atoms with E-state index >= 15 is 0 Å². The summed E-state index contributed by atoms with van der Waals surface area (Å²) in [6, 6.07) is 32.0. The molecule has 2 heterocycles. The van der Waals surface area contributed by atoms with Crippen LogP contribution in [0.4, 0.5) is 4.79 Å². The van der Waals surface area contributed by atoms with Crippen molar-refractivity contribution < 1.29 is 38.1 Å². The molecule has 0 spiro atoms. The predicted octanol–water partition coefficient (Wildman–Crippen LogP) is 10.8. The lowest BCUT2D eigenvalue weighted by molar-refractivity contribution is 0.00751. The first-order valence-corrected chi connectivity index (χ1v) is 24.2. The molecule has 3 amide bonds. The van der Waals surface area contributed by atoms with Crippen molar-refractivity contribution in [1.82, 2.24) is 20.0 Å². The molecule has 6 rings (SSSR count). The smallest absolute Gasteiger partial charge is 0.410 e. The van der Waals surface area contributed by atoms with Crippen molar-refractivity contribution in [2.45, 2.75) is 117 Å². The van der Waals surface area contributed by atoms with Gasteiger partial charge in [-0.15, -0.1) is 12.4 Å². The highest BCUT2D eigenvalue weighted by Crippen LogP contribution is 2.31. The number of hydrogen-bond donors (Lipinski definition) is 1. The van der Waals surface area contributed by atoms with Crippen LogP contribution < -0.4 is 14.8 Å². The van der Waals surface area contributed by atoms with Crippen LogP contribution in [0.3, 0.4) is 0 Å². The summed E-state index contributed by atoms with van der Waals surface area (Å²) in [7, 11) is 3.36. The van der Waals surface area contributed by atoms with Gasteiger partial charge < -0.3 is 43.7 Å². The van der Waals surface area contributed by atoms with Gasteiger partial charge in [-0.1, -0.05) is 60.7 Å². The van der Waals surface area contributed by atoms with Gasteiger partial charge in [0.15, 0.2) is 0 Å². The number of piperidine rings is 2. The van der Waals surface area contributed by atoms with Gasteiger partial charge in [0, 0.05) is 89.2 Å². The summed E-state index contributed by atoms with van der Waals surface area (Å²) in [5.74, 6) is 1.38. The fraction of sp³-hybridized carbons (Fsp3) is 0.509. The zero-order valence-electron chi connectivity index (χ0n) is 42.0. The third-order valence-electron chi connectivity index (χ3n) is 11.7. The van der Waals surface area contributed by atoms with Crippen LogP contribution >= 0.6 is 12.4 Å². The van der Waals surface area contributed by atoms with E-state index in [1.807, 2.05) is 129 Å². The zero-order valence-corrected chi connectivity index (χ0v) is 42.8. The Morgan fingerprint density at radius 3 is 1.54 bits per heavy atom. The van der Waals surface area contributed by atoms with Gasteiger partial charge in [-0.2, -0.15) is 0 Å². The van der Waals surface area contributed by atoms with E-state index in [0.717, 1.165) is 79.6 Å². The third kappa shape index (κ3) is 16.8. The van der Waals surface area contributed by atoms with Gasteiger partial charge in [0.1, 0.15) is 17.1 Å². The van der Waals surface area contributed by atoms with E-state index in [1.54, 1.807) is 19.1 Å². The van der Waals surface area contributed by atoms with Gasteiger partial charge in [-0.25, -0.2) is 4.79 Å². The van der Waals surface area contributed by atoms with Crippen molar-refractivity contribution in [2.75, 3.05) is 66.8 Å². The number of carbonyl (C=O) groups is 3. The number of rotatable bonds is 18. The van der Waals surface area contributed by atoms with Gasteiger partial charge in [0.05, 0.1) is 19.3 Å². The molecule has 2 aliphatic heterocycles. The molecule has 4 aromatic carbocycles. The molecule has 68 heavy (non-hydrogen) atoms. The standard InChI is InChI=1S/C30H42N2O5.C25H34N2O3.ClH/c1-22(2)32(26-14-10-15-31(21-26)29(34)37-30(3,4)5)28(33)25-18-24(23-12-8-7-9-13-23)19-27(20-25)36-17-11-16-35-6;1-19(2)27(23-11-7-12-26-18-23)25(28)22-15-21(20-9-5-4-6-10-20)16-24(17-22)30-14-8-13-29-3;/h7-9,12-13,18-20,22,26H,10-11,14-17,21H2,1-6H3;4-6,9-10,15-17,19,23,26H,7-8,11-14,18H2,1-3H3;1H/t26-;23-;/m11./s1. The number of nitrogens with one attached hydrogen (secondary N) is 1. The first-order valence-electron chi connectivity index (χ1n) is 24.2. The van der Waals surface area contributed by atoms with E-state index in [0.29, 0.717) is 56.4 Å². The highest BCUT2D eigenvalue weighted by Gasteiger charge is 2.35. The van der Waals surface area contributed by atoms with Crippen LogP contribution in [0.25, 0.3) is 22.3 Å². The third-order valence-corrected chi connectivity index (χ3v) is 11.7. The molecule has 0 bridgehead atoms. The van der Waals surface area contributed by atoms with Gasteiger partial charge in [0.2, 0.25) is 0 Å². The SMILES string of the molecule is COCCCOc1cc(C(=O)N(C(C)C)[C@@H]2CCCN(C(=O)OC(C)(C)C)C2)cc(-c2ccccc2)c1.COCCCOc1cc(C(=O)N(C(C)C)[C@@H]2CCCNC2)cc(-c2ccccc2)c1.Cl. The summed E-state index contributed by atoms with van der Waals surface area (Å²) in [6.45, 7) is 19.1. The first kappa shape index (κ1) is 55.5. The number of methoxy groups -OCH3 is 2. The fourth-order valence-electron chi connectivity index (χ4n) is 8.68. The summed E-state index contributed by atoms with van der Waals surface area (Å²) in [4.78, 5) is 46.1. The Bertz CT molecular complexity index is 2140. The summed E-state index contributed by atoms with van der Waals surface area (Å²) in [6.07, 6.45) is 5.03. The number of benzene rings is 4. The van der Waals surface area contributed by atoms with E-state index in [1.165, 1.54) is 0 Å². The second-order valence-electron chi connectivity index (χ2n) is 18.9. The largest absolute Gasteiger partial charge is 0.493 e. The molecule has 0 aliphatic carbocycles. The van der Waals surface area contributed by atoms with Crippen LogP contribution in [0.2, 0.25) is 0 Å². The molecule has 13 heteroatoms. The average Bonchev–Trinajstić information content (AvgIpc) is 3.32. The van der Waals surface area contributed by atoms with Gasteiger partial charge in [-0.05, 0) is 139 Å². The molecule has 2 aliphatic rings. The Balaban J connectivity index is 0.000000298. The van der Waals surface area contributed by atoms with Gasteiger partial charge >= 0.3 is 6.09 Å². The second kappa shape index (κ2) is 27.8. The summed E-state index contributed by atoms with van der Waals surface area (Å²) in [5, 5.41) is 3.43. The molecule has 0 radical (unpaired) electrons. The highest BCUT2D eigenvalue weighted by molar-refractivity contribution is 5.97. The van der Waals surface area contributed by atoms with Crippen molar-refractivity contribution in [2.24, 2.45) is 0 Å². The molecule has 4 aromatic rings. The summed E-state index contributed by atoms with van der Waals surface area (Å²) >= 11 is 0. The normalized spacial score (nSPS) is 16.0. The molecular weight excluding hydrogens is 880 g/mol. The minimum atomic E-state index is -0.560. The number of hydrogen-bond acceptors (Lipinski definition) is 9. The van der Waals surface area contributed by atoms with Crippen LogP contribution in [0.1, 0.15) is 108 Å². The molecular formula is C55H77ClN4O8. The van der Waals surface area contributed by atoms with Crippen molar-refractivity contribution in [3.05, 3.63) is 108 Å². The second-order valence-corrected chi connectivity index (χ2v) is 18.9. The van der Waals surface area contributed by atoms with Crippen LogP contribution in [0.5, 0.6) is 11.5 Å². The number of likely N-dealkylation sites (tertiary alicyclic amines) is 1. The molecule has 2 atom stereocenters. The number of amides is 3. The lowest BCUT2D eigenvalue weighted by Gasteiger charge is -2.41. The number of ether oxygens (including phenoxy) is 5. The molecule has 0 unspecified atom stereocenters. The van der Waals surface area contributed by atoms with Crippen molar-refractivity contribution in [1.29, 1.82) is 0 Å². The van der Waals surface area contributed by atoms with Crippen LogP contribution in [0, 0.1) is 0 Å². The number of carbonyl (C=O) groups excluding carboxylic acids is 3. The maximum absolute atomic E-state index is 14.0. The number of nitrogens with zero attached hydrogens (tertiary/aromatic N) is 3. The van der Waals surface area contributed by atoms with Gasteiger partial charge in [-0.3, -0.25) is 9.59 Å². The maximum Gasteiger partial charge on any atom is 0.410 e. The van der Waals surface area contributed by atoms with E-state index in [4.69, 9.17) is 23.7 Å². The van der Waals surface area contributed by atoms with E-state index in [-0.39, 0.29) is 54.5 Å². The molecule has 0 saturated carbocycles. The topological polar surface area (TPSA) is 119 Å². The summed E-state index contributed by atoms with van der Waals surface area (Å²) in [5.41, 5.74) is 4.70. The molecule has 12 nitrogen and oxygen atoms in total. The highest BCUT2D eigenvalue weighted by atomic mass is 35.5. The lowest BCUT2D eigenvalue weighted by atomic mass is 9.99. The zero-order chi connectivity index (χ0) is 48.3. The Labute approximate surface area is 412 Å². The van der Waals surface area contributed by atoms with Crippen molar-refractivity contribution >= 4 is 30.3 Å². The van der Waals surface area contributed by atoms with E-state index in [2.05, 4.69) is 31.3 Å². The molecule has 372 valence electrons. The fourth-order valence-corrected chi connectivity index (χ4v) is 8.68.